The molecule has 0 unspecified atom stereocenters. The second-order valence-electron chi connectivity index (χ2n) is 11.1. The van der Waals surface area contributed by atoms with Crippen molar-refractivity contribution in [2.45, 2.75) is 39.5 Å². The van der Waals surface area contributed by atoms with Gasteiger partial charge in [0.2, 0.25) is 0 Å². The minimum absolute atomic E-state index is 0.184. The molecule has 2 aromatic carbocycles. The predicted molar refractivity (Wildman–Crippen MR) is 158 cm³/mol. The smallest absolute Gasteiger partial charge is 0.420 e. The Morgan fingerprint density at radius 1 is 1.07 bits per heavy atom. The molecule has 2 aromatic heterocycles. The molecule has 214 valence electrons. The molecule has 0 radical (unpaired) electrons. The van der Waals surface area contributed by atoms with Crippen LogP contribution in [0.2, 0.25) is 0 Å². The fourth-order valence-corrected chi connectivity index (χ4v) is 4.73. The van der Waals surface area contributed by atoms with Gasteiger partial charge in [0, 0.05) is 49.7 Å². The van der Waals surface area contributed by atoms with Gasteiger partial charge in [0.15, 0.2) is 5.82 Å². The van der Waals surface area contributed by atoms with Gasteiger partial charge in [-0.25, -0.2) is 24.5 Å². The monoisotopic (exact) mass is 565 g/mol. The summed E-state index contributed by atoms with van der Waals surface area (Å²) in [5.74, 6) is 0.815. The van der Waals surface area contributed by atoms with Crippen LogP contribution < -0.4 is 15.6 Å². The van der Waals surface area contributed by atoms with Gasteiger partial charge in [0.25, 0.3) is 0 Å². The van der Waals surface area contributed by atoms with E-state index in [-0.39, 0.29) is 6.03 Å². The van der Waals surface area contributed by atoms with E-state index in [1.165, 1.54) is 4.90 Å². The molecular formula is C30H31N9O3. The highest BCUT2D eigenvalue weighted by Crippen LogP contribution is 2.32. The van der Waals surface area contributed by atoms with E-state index in [0.29, 0.717) is 36.1 Å². The van der Waals surface area contributed by atoms with Crippen molar-refractivity contribution in [3.8, 4) is 11.4 Å². The molecule has 0 spiro atoms. The first kappa shape index (κ1) is 26.8. The summed E-state index contributed by atoms with van der Waals surface area (Å²) in [4.78, 5) is 38.8. The van der Waals surface area contributed by atoms with E-state index in [2.05, 4.69) is 25.9 Å². The number of carbonyl (C=O) groups excluding carboxylic acids is 2. The zero-order chi connectivity index (χ0) is 29.4. The first-order chi connectivity index (χ1) is 20.1. The van der Waals surface area contributed by atoms with Crippen molar-refractivity contribution in [2.24, 2.45) is 0 Å². The number of carbonyl (C=O) groups is 2. The molecule has 12 nitrogen and oxygen atoms in total. The van der Waals surface area contributed by atoms with Crippen LogP contribution in [-0.4, -0.2) is 54.8 Å². The first-order valence-corrected chi connectivity index (χ1v) is 13.5. The van der Waals surface area contributed by atoms with Gasteiger partial charge in [-0.3, -0.25) is 10.1 Å². The Bertz CT molecular complexity index is 1740. The highest BCUT2D eigenvalue weighted by molar-refractivity contribution is 5.97. The van der Waals surface area contributed by atoms with Crippen LogP contribution in [0.15, 0.2) is 79.0 Å². The van der Waals surface area contributed by atoms with Gasteiger partial charge in [-0.2, -0.15) is 5.10 Å². The Morgan fingerprint density at radius 3 is 2.69 bits per heavy atom. The second-order valence-corrected chi connectivity index (χ2v) is 11.1. The lowest BCUT2D eigenvalue weighted by Crippen LogP contribution is -2.38. The van der Waals surface area contributed by atoms with Crippen molar-refractivity contribution >= 4 is 34.5 Å². The maximum atomic E-state index is 13.5. The Morgan fingerprint density at radius 2 is 1.90 bits per heavy atom. The van der Waals surface area contributed by atoms with Crippen molar-refractivity contribution < 1.29 is 14.3 Å². The molecule has 6 rings (SSSR count). The summed E-state index contributed by atoms with van der Waals surface area (Å²) in [6, 6.07) is 12.9. The van der Waals surface area contributed by atoms with Gasteiger partial charge < -0.3 is 20.4 Å². The van der Waals surface area contributed by atoms with Gasteiger partial charge in [-0.05, 0) is 68.3 Å². The molecule has 0 saturated heterocycles. The number of nitrogens with one attached hydrogen (secondary N) is 3. The maximum Gasteiger partial charge on any atom is 0.420 e. The van der Waals surface area contributed by atoms with E-state index in [0.717, 1.165) is 27.6 Å². The molecule has 42 heavy (non-hydrogen) atoms. The minimum Gasteiger partial charge on any atom is -0.443 e. The van der Waals surface area contributed by atoms with Crippen LogP contribution in [-0.2, 0) is 17.8 Å². The number of nitrogens with zero attached hydrogens (tertiary/aromatic N) is 6. The molecule has 12 heteroatoms. The molecule has 4 heterocycles. The summed E-state index contributed by atoms with van der Waals surface area (Å²) >= 11 is 0. The summed E-state index contributed by atoms with van der Waals surface area (Å²) < 4.78 is 5.75. The average molecular weight is 566 g/mol. The zero-order valence-electron chi connectivity index (χ0n) is 23.8. The van der Waals surface area contributed by atoms with Crippen molar-refractivity contribution in [1.82, 2.24) is 40.8 Å². The van der Waals surface area contributed by atoms with Crippen LogP contribution >= 0.6 is 0 Å². The van der Waals surface area contributed by atoms with Crippen molar-refractivity contribution in [1.29, 1.82) is 0 Å². The van der Waals surface area contributed by atoms with E-state index >= 15 is 0 Å². The van der Waals surface area contributed by atoms with E-state index in [4.69, 9.17) is 9.72 Å². The third kappa shape index (κ3) is 5.59. The molecule has 3 amide bonds. The second kappa shape index (κ2) is 10.5. The number of fused-ring (bicyclic) bond motifs is 2. The van der Waals surface area contributed by atoms with E-state index < -0.39 is 11.7 Å². The SMILES string of the molecule is CN1C=CC(NC(=O)N2Cc3ccc(-c4nccc(N(C(=O)OC(C)(C)C)c5ccc6[nH]ncc6c5)n4)cc3C2)=CN1. The highest BCUT2D eigenvalue weighted by Gasteiger charge is 2.28. The molecule has 2 aliphatic heterocycles. The number of urea groups is 1. The van der Waals surface area contributed by atoms with Crippen LogP contribution in [0, 0.1) is 0 Å². The summed E-state index contributed by atoms with van der Waals surface area (Å²) in [6.07, 6.45) is 8.15. The van der Waals surface area contributed by atoms with Crippen LogP contribution in [0.5, 0.6) is 0 Å². The Kier molecular flexibility index (Phi) is 6.73. The van der Waals surface area contributed by atoms with Crippen molar-refractivity contribution in [2.75, 3.05) is 11.9 Å². The standard InChI is InChI=1S/C30H31N9O3/c1-30(2,3)42-29(41)39(24-7-8-25-21(14-24)15-32-36-25)26-9-11-31-27(35-26)19-5-6-20-17-38(18-22(20)13-19)28(40)34-23-10-12-37(4)33-16-23/h5-16,33H,17-18H2,1-4H3,(H,32,36)(H,34,40). The third-order valence-electron chi connectivity index (χ3n) is 6.75. The summed E-state index contributed by atoms with van der Waals surface area (Å²) in [5.41, 5.74) is 7.27. The van der Waals surface area contributed by atoms with Gasteiger partial charge >= 0.3 is 12.1 Å². The van der Waals surface area contributed by atoms with E-state index in [9.17, 15) is 9.59 Å². The van der Waals surface area contributed by atoms with Crippen LogP contribution in [0.3, 0.4) is 0 Å². The van der Waals surface area contributed by atoms with Gasteiger partial charge in [0.05, 0.1) is 23.1 Å². The topological polar surface area (TPSA) is 132 Å². The third-order valence-corrected chi connectivity index (χ3v) is 6.75. The number of amides is 3. The predicted octanol–water partition coefficient (Wildman–Crippen LogP) is 4.92. The number of rotatable bonds is 4. The van der Waals surface area contributed by atoms with Crippen LogP contribution in [0.4, 0.5) is 21.1 Å². The molecule has 0 bridgehead atoms. The zero-order valence-corrected chi connectivity index (χ0v) is 23.8. The first-order valence-electron chi connectivity index (χ1n) is 13.5. The molecule has 3 N–H and O–H groups in total. The number of ether oxygens (including phenoxy) is 1. The Balaban J connectivity index is 1.26. The Hall–Kier alpha value is -5.39. The molecule has 4 aromatic rings. The molecular weight excluding hydrogens is 534 g/mol. The fraction of sp³-hybridized carbons (Fsp3) is 0.233. The maximum absolute atomic E-state index is 13.5. The van der Waals surface area contributed by atoms with Gasteiger partial charge in [-0.1, -0.05) is 12.1 Å². The number of benzene rings is 2. The molecule has 0 saturated carbocycles. The largest absolute Gasteiger partial charge is 0.443 e. The molecule has 0 atom stereocenters. The molecule has 0 aliphatic carbocycles. The van der Waals surface area contributed by atoms with Gasteiger partial charge in [-0.15, -0.1) is 0 Å². The van der Waals surface area contributed by atoms with Crippen LogP contribution in [0.1, 0.15) is 31.9 Å². The number of hydrogen-bond acceptors (Lipinski definition) is 8. The number of H-pyrrole nitrogens is 1. The lowest BCUT2D eigenvalue weighted by Gasteiger charge is -2.27. The highest BCUT2D eigenvalue weighted by atomic mass is 16.6. The number of anilines is 2. The van der Waals surface area contributed by atoms with Crippen LogP contribution in [0.25, 0.3) is 22.3 Å². The van der Waals surface area contributed by atoms with E-state index in [1.54, 1.807) is 34.6 Å². The molecule has 0 fully saturated rings. The number of allylic oxidation sites excluding steroid dienone is 1. The number of aromatic amines is 1. The van der Waals surface area contributed by atoms with E-state index in [1.807, 2.05) is 76.5 Å². The summed E-state index contributed by atoms with van der Waals surface area (Å²) in [7, 11) is 1.87. The fourth-order valence-electron chi connectivity index (χ4n) is 4.73. The quantitative estimate of drug-likeness (QED) is 0.318. The number of hydrogen-bond donors (Lipinski definition) is 3. The molecule has 2 aliphatic rings. The average Bonchev–Trinajstić information content (AvgIpc) is 3.60. The lowest BCUT2D eigenvalue weighted by molar-refractivity contribution is 0.0598. The minimum atomic E-state index is -0.709. The normalized spacial score (nSPS) is 14.3. The van der Waals surface area contributed by atoms with Gasteiger partial charge in [0.1, 0.15) is 11.4 Å². The summed E-state index contributed by atoms with van der Waals surface area (Å²) in [5, 5.41) is 12.6. The Labute approximate surface area is 242 Å². The summed E-state index contributed by atoms with van der Waals surface area (Å²) in [6.45, 7) is 6.41. The lowest BCUT2D eigenvalue weighted by atomic mass is 10.1. The van der Waals surface area contributed by atoms with Crippen molar-refractivity contribution in [3.05, 3.63) is 90.2 Å². The van der Waals surface area contributed by atoms with Crippen molar-refractivity contribution in [3.63, 3.8) is 0 Å². The number of aromatic nitrogens is 4. The number of hydrazine groups is 1.